The van der Waals surface area contributed by atoms with Crippen molar-refractivity contribution < 1.29 is 13.6 Å². The van der Waals surface area contributed by atoms with E-state index in [9.17, 15) is 0 Å². The predicted molar refractivity (Wildman–Crippen MR) is 292 cm³/mol. The van der Waals surface area contributed by atoms with Crippen molar-refractivity contribution in [3.63, 3.8) is 0 Å². The molecular formula is C66H63O3P. The maximum atomic E-state index is 7.33. The zero-order valence-electron chi connectivity index (χ0n) is 41.2. The third-order valence-electron chi connectivity index (χ3n) is 14.3. The molecule has 9 rings (SSSR count). The molecule has 0 heterocycles. The summed E-state index contributed by atoms with van der Waals surface area (Å²) in [7, 11) is -2.13. The Kier molecular flexibility index (Phi) is 15.4. The van der Waals surface area contributed by atoms with Crippen LogP contribution in [0.25, 0.3) is 0 Å². The SMILES string of the molecule is CC(c1ccccc1)c1ccc(OP(Oc2ccc(C(C)c3ccccc3)cc2C(C)c2ccccc2)Oc2ccc(C(C)c3ccccc3)cc2C(C)c2ccccc2)c(C(C)c2ccccc2)c1. The Hall–Kier alpha value is -7.19. The molecule has 350 valence electrons. The average Bonchev–Trinajstić information content (AvgIpc) is 3.43. The number of hydrogen-bond acceptors (Lipinski definition) is 3. The van der Waals surface area contributed by atoms with Crippen LogP contribution >= 0.6 is 8.60 Å². The lowest BCUT2D eigenvalue weighted by molar-refractivity contribution is 0.381. The second-order valence-electron chi connectivity index (χ2n) is 18.7. The van der Waals surface area contributed by atoms with Gasteiger partial charge in [-0.2, -0.15) is 0 Å². The summed E-state index contributed by atoms with van der Waals surface area (Å²) >= 11 is 0. The van der Waals surface area contributed by atoms with Crippen LogP contribution in [0.15, 0.2) is 237 Å². The van der Waals surface area contributed by atoms with Gasteiger partial charge in [0.2, 0.25) is 0 Å². The maximum absolute atomic E-state index is 7.33. The Labute approximate surface area is 417 Å². The van der Waals surface area contributed by atoms with Crippen LogP contribution in [0.3, 0.4) is 0 Å². The van der Waals surface area contributed by atoms with Crippen molar-refractivity contribution in [1.82, 2.24) is 0 Å². The lowest BCUT2D eigenvalue weighted by Gasteiger charge is -2.27. The van der Waals surface area contributed by atoms with Gasteiger partial charge in [0.15, 0.2) is 0 Å². The summed E-state index contributed by atoms with van der Waals surface area (Å²) in [6, 6.07) is 84.1. The van der Waals surface area contributed by atoms with Crippen LogP contribution in [-0.2, 0) is 0 Å². The Morgan fingerprint density at radius 3 is 0.643 bits per heavy atom. The van der Waals surface area contributed by atoms with Crippen LogP contribution in [0, 0.1) is 0 Å². The first-order valence-electron chi connectivity index (χ1n) is 24.8. The molecule has 0 aromatic heterocycles. The minimum Gasteiger partial charge on any atom is -0.408 e. The van der Waals surface area contributed by atoms with Crippen molar-refractivity contribution >= 4 is 8.60 Å². The molecule has 0 saturated heterocycles. The third kappa shape index (κ3) is 11.1. The fourth-order valence-electron chi connectivity index (χ4n) is 9.64. The van der Waals surface area contributed by atoms with Crippen molar-refractivity contribution in [3.05, 3.63) is 303 Å². The molecule has 0 N–H and O–H groups in total. The molecule has 9 aromatic rings. The zero-order valence-corrected chi connectivity index (χ0v) is 42.0. The lowest BCUT2D eigenvalue weighted by atomic mass is 9.87. The highest BCUT2D eigenvalue weighted by atomic mass is 31.2. The topological polar surface area (TPSA) is 27.7 Å². The minimum atomic E-state index is -2.13. The van der Waals surface area contributed by atoms with Crippen molar-refractivity contribution in [2.24, 2.45) is 0 Å². The van der Waals surface area contributed by atoms with Crippen molar-refractivity contribution in [3.8, 4) is 17.2 Å². The molecule has 6 unspecified atom stereocenters. The third-order valence-corrected chi connectivity index (χ3v) is 15.4. The minimum absolute atomic E-state index is 0.0100. The highest BCUT2D eigenvalue weighted by Crippen LogP contribution is 2.50. The van der Waals surface area contributed by atoms with Gasteiger partial charge in [-0.1, -0.05) is 260 Å². The van der Waals surface area contributed by atoms with E-state index in [0.717, 1.165) is 33.9 Å². The summed E-state index contributed by atoms with van der Waals surface area (Å²) < 4.78 is 22.0. The molecule has 9 aromatic carbocycles. The van der Waals surface area contributed by atoms with E-state index >= 15 is 0 Å². The molecule has 0 radical (unpaired) electrons. The van der Waals surface area contributed by atoms with Gasteiger partial charge < -0.3 is 13.6 Å². The summed E-state index contributed by atoms with van der Waals surface area (Å²) in [5.74, 6) is 2.72. The van der Waals surface area contributed by atoms with Gasteiger partial charge in [-0.05, 0) is 68.3 Å². The van der Waals surface area contributed by atoms with E-state index in [4.69, 9.17) is 13.6 Å². The maximum Gasteiger partial charge on any atom is 0.530 e. The van der Waals surface area contributed by atoms with Gasteiger partial charge in [0.1, 0.15) is 17.2 Å². The molecule has 0 aliphatic heterocycles. The van der Waals surface area contributed by atoms with Crippen LogP contribution in [-0.4, -0.2) is 0 Å². The van der Waals surface area contributed by atoms with E-state index in [0.29, 0.717) is 0 Å². The molecule has 70 heavy (non-hydrogen) atoms. The van der Waals surface area contributed by atoms with Crippen LogP contribution < -0.4 is 13.6 Å². The fourth-order valence-corrected chi connectivity index (χ4v) is 10.7. The van der Waals surface area contributed by atoms with Crippen molar-refractivity contribution in [2.75, 3.05) is 0 Å². The lowest BCUT2D eigenvalue weighted by Crippen LogP contribution is -2.10. The summed E-state index contributed by atoms with van der Waals surface area (Å²) in [5.41, 5.74) is 14.2. The molecule has 6 atom stereocenters. The van der Waals surface area contributed by atoms with E-state index in [2.05, 4.69) is 278 Å². The molecule has 3 nitrogen and oxygen atoms in total. The first kappa shape index (κ1) is 47.9. The summed E-state index contributed by atoms with van der Waals surface area (Å²) in [5, 5.41) is 0. The number of benzene rings is 9. The Balaban J connectivity index is 1.18. The molecular weight excluding hydrogens is 872 g/mol. The first-order valence-corrected chi connectivity index (χ1v) is 25.9. The fraction of sp³-hybridized carbons (Fsp3) is 0.182. The smallest absolute Gasteiger partial charge is 0.408 e. The molecule has 0 amide bonds. The molecule has 4 heteroatoms. The molecule has 0 spiro atoms. The van der Waals surface area contributed by atoms with Gasteiger partial charge >= 0.3 is 8.60 Å². The van der Waals surface area contributed by atoms with Gasteiger partial charge in [0, 0.05) is 52.2 Å². The Bertz CT molecular complexity index is 2720. The van der Waals surface area contributed by atoms with Crippen molar-refractivity contribution in [1.29, 1.82) is 0 Å². The molecule has 0 aliphatic rings. The second kappa shape index (κ2) is 22.5. The normalized spacial score (nSPS) is 14.3. The standard InChI is InChI=1S/C66H63O3P/c1-46(52-25-13-7-14-26-52)58-37-40-64(61(43-58)49(4)55-31-19-10-20-32-55)67-70(68-65-41-38-59(47(2)53-27-15-8-16-28-53)44-62(65)50(5)56-33-21-11-22-34-56)69-66-42-39-60(48(3)54-29-17-9-18-30-54)45-63(66)51(6)57-35-23-12-24-36-57/h7-51H,1-6H3. The highest BCUT2D eigenvalue weighted by molar-refractivity contribution is 7.43. The Morgan fingerprint density at radius 1 is 0.229 bits per heavy atom. The zero-order chi connectivity index (χ0) is 48.4. The Morgan fingerprint density at radius 2 is 0.429 bits per heavy atom. The van der Waals surface area contributed by atoms with E-state index in [1.807, 2.05) is 0 Å². The van der Waals surface area contributed by atoms with Crippen LogP contribution in [0.2, 0.25) is 0 Å². The van der Waals surface area contributed by atoms with Crippen LogP contribution in [0.1, 0.15) is 144 Å². The van der Waals surface area contributed by atoms with Gasteiger partial charge in [0.05, 0.1) is 0 Å². The van der Waals surface area contributed by atoms with E-state index in [-0.39, 0.29) is 35.5 Å². The van der Waals surface area contributed by atoms with Gasteiger partial charge in [-0.15, -0.1) is 0 Å². The largest absolute Gasteiger partial charge is 0.530 e. The monoisotopic (exact) mass is 934 g/mol. The number of rotatable bonds is 18. The summed E-state index contributed by atoms with van der Waals surface area (Å²) in [4.78, 5) is 0. The van der Waals surface area contributed by atoms with Gasteiger partial charge in [0.25, 0.3) is 0 Å². The van der Waals surface area contributed by atoms with Crippen LogP contribution in [0.4, 0.5) is 0 Å². The quantitative estimate of drug-likeness (QED) is 0.0803. The van der Waals surface area contributed by atoms with Crippen molar-refractivity contribution in [2.45, 2.75) is 77.0 Å². The van der Waals surface area contributed by atoms with E-state index < -0.39 is 8.60 Å². The molecule has 0 aliphatic carbocycles. The molecule has 0 fully saturated rings. The second-order valence-corrected chi connectivity index (χ2v) is 19.7. The highest BCUT2D eigenvalue weighted by Gasteiger charge is 2.30. The predicted octanol–water partition coefficient (Wildman–Crippen LogP) is 18.4. The van der Waals surface area contributed by atoms with Gasteiger partial charge in [-0.25, -0.2) is 0 Å². The van der Waals surface area contributed by atoms with Gasteiger partial charge in [-0.3, -0.25) is 0 Å². The average molecular weight is 935 g/mol. The molecule has 0 bridgehead atoms. The molecule has 0 saturated carbocycles. The summed E-state index contributed by atoms with van der Waals surface area (Å²) in [6.45, 7) is 13.6. The van der Waals surface area contributed by atoms with Crippen LogP contribution in [0.5, 0.6) is 17.2 Å². The van der Waals surface area contributed by atoms with E-state index in [1.54, 1.807) is 0 Å². The van der Waals surface area contributed by atoms with E-state index in [1.165, 1.54) is 50.1 Å². The number of hydrogen-bond donors (Lipinski definition) is 0. The summed E-state index contributed by atoms with van der Waals surface area (Å²) in [6.07, 6.45) is 0. The first-order chi connectivity index (χ1) is 34.2.